The lowest BCUT2D eigenvalue weighted by Crippen LogP contribution is -1.91. The van der Waals surface area contributed by atoms with E-state index in [2.05, 4.69) is 11.4 Å². The lowest BCUT2D eigenvalue weighted by Gasteiger charge is -2.07. The molecule has 0 rings (SSSR count). The van der Waals surface area contributed by atoms with Crippen molar-refractivity contribution in [3.63, 3.8) is 0 Å². The Balaban J connectivity index is 2.97. The molecule has 0 heterocycles. The molecule has 0 aliphatic heterocycles. The van der Waals surface area contributed by atoms with Gasteiger partial charge in [-0.05, 0) is 6.42 Å². The van der Waals surface area contributed by atoms with Crippen LogP contribution in [0.4, 0.5) is 0 Å². The molecule has 1 atom stereocenters. The molecule has 23 heavy (non-hydrogen) atoms. The van der Waals surface area contributed by atoms with Crippen molar-refractivity contribution < 1.29 is 13.9 Å². The Morgan fingerprint density at radius 3 is 1.30 bits per heavy atom. The van der Waals surface area contributed by atoms with Crippen LogP contribution in [0.2, 0.25) is 0 Å². The maximum absolute atomic E-state index is 9.10. The van der Waals surface area contributed by atoms with Gasteiger partial charge in [-0.2, -0.15) is 0 Å². The van der Waals surface area contributed by atoms with E-state index in [-0.39, 0.29) is 0 Å². The van der Waals surface area contributed by atoms with Crippen molar-refractivity contribution in [2.24, 2.45) is 0 Å². The molecule has 0 radical (unpaired) electrons. The molecule has 0 saturated carbocycles. The van der Waals surface area contributed by atoms with E-state index in [1.165, 1.54) is 103 Å². The summed E-state index contributed by atoms with van der Waals surface area (Å²) in [5, 5.41) is 0. The van der Waals surface area contributed by atoms with E-state index in [4.69, 9.17) is 9.42 Å². The van der Waals surface area contributed by atoms with Gasteiger partial charge >= 0.3 is 8.60 Å². The first-order valence-electron chi connectivity index (χ1n) is 9.97. The SMILES string of the molecule is CCCCCCCCCCCCCCCCCCOP(O)OC. The fraction of sp³-hybridized carbons (Fsp3) is 1.00. The van der Waals surface area contributed by atoms with Gasteiger partial charge in [0.15, 0.2) is 0 Å². The highest BCUT2D eigenvalue weighted by Crippen LogP contribution is 2.31. The lowest BCUT2D eigenvalue weighted by atomic mass is 10.0. The van der Waals surface area contributed by atoms with Gasteiger partial charge in [-0.15, -0.1) is 0 Å². The smallest absolute Gasteiger partial charge is 0.328 e. The molecule has 0 spiro atoms. The Morgan fingerprint density at radius 2 is 0.957 bits per heavy atom. The van der Waals surface area contributed by atoms with Crippen molar-refractivity contribution in [2.75, 3.05) is 13.7 Å². The lowest BCUT2D eigenvalue weighted by molar-refractivity contribution is 0.224. The third kappa shape index (κ3) is 20.3. The van der Waals surface area contributed by atoms with Crippen LogP contribution in [0.15, 0.2) is 0 Å². The summed E-state index contributed by atoms with van der Waals surface area (Å²) < 4.78 is 9.79. The van der Waals surface area contributed by atoms with E-state index < -0.39 is 8.60 Å². The number of rotatable bonds is 19. The van der Waals surface area contributed by atoms with Crippen molar-refractivity contribution >= 4 is 8.60 Å². The number of hydrogen-bond acceptors (Lipinski definition) is 3. The summed E-state index contributed by atoms with van der Waals surface area (Å²) in [6.45, 7) is 2.90. The van der Waals surface area contributed by atoms with Gasteiger partial charge in [0.25, 0.3) is 0 Å². The molecule has 0 aromatic heterocycles. The minimum atomic E-state index is -1.62. The number of hydrogen-bond donors (Lipinski definition) is 1. The van der Waals surface area contributed by atoms with E-state index in [0.29, 0.717) is 6.61 Å². The Kier molecular flexibility index (Phi) is 20.6. The monoisotopic (exact) mass is 348 g/mol. The highest BCUT2D eigenvalue weighted by Gasteiger charge is 2.01. The zero-order chi connectivity index (χ0) is 17.0. The first-order chi connectivity index (χ1) is 11.3. The van der Waals surface area contributed by atoms with Gasteiger partial charge in [0, 0.05) is 7.11 Å². The first kappa shape index (κ1) is 23.3. The van der Waals surface area contributed by atoms with Gasteiger partial charge in [0.1, 0.15) is 0 Å². The maximum Gasteiger partial charge on any atom is 0.329 e. The van der Waals surface area contributed by atoms with Crippen molar-refractivity contribution in [1.29, 1.82) is 0 Å². The third-order valence-corrected chi connectivity index (χ3v) is 5.07. The van der Waals surface area contributed by atoms with Gasteiger partial charge in [-0.1, -0.05) is 103 Å². The van der Waals surface area contributed by atoms with Crippen LogP contribution in [0.1, 0.15) is 110 Å². The Labute approximate surface area is 146 Å². The normalized spacial score (nSPS) is 12.7. The van der Waals surface area contributed by atoms with Crippen LogP contribution in [0.3, 0.4) is 0 Å². The molecule has 0 aliphatic carbocycles. The molecule has 1 unspecified atom stereocenters. The molecule has 0 fully saturated rings. The van der Waals surface area contributed by atoms with Gasteiger partial charge in [-0.3, -0.25) is 0 Å². The van der Waals surface area contributed by atoms with Crippen molar-refractivity contribution in [1.82, 2.24) is 0 Å². The fourth-order valence-electron chi connectivity index (χ4n) is 2.85. The van der Waals surface area contributed by atoms with Crippen LogP contribution in [-0.4, -0.2) is 18.6 Å². The average Bonchev–Trinajstić information content (AvgIpc) is 2.57. The molecule has 0 aromatic rings. The summed E-state index contributed by atoms with van der Waals surface area (Å²) >= 11 is 0. The summed E-state index contributed by atoms with van der Waals surface area (Å²) in [6, 6.07) is 0. The molecular weight excluding hydrogens is 307 g/mol. The summed E-state index contributed by atoms with van der Waals surface area (Å²) in [6.07, 6.45) is 21.9. The summed E-state index contributed by atoms with van der Waals surface area (Å²) in [5.41, 5.74) is 0. The van der Waals surface area contributed by atoms with Gasteiger partial charge in [0.2, 0.25) is 0 Å². The minimum absolute atomic E-state index is 0.620. The highest BCUT2D eigenvalue weighted by atomic mass is 31.2. The molecule has 1 N–H and O–H groups in total. The molecule has 0 aromatic carbocycles. The highest BCUT2D eigenvalue weighted by molar-refractivity contribution is 7.40. The summed E-state index contributed by atoms with van der Waals surface area (Å²) in [4.78, 5) is 9.10. The summed E-state index contributed by atoms with van der Waals surface area (Å²) in [7, 11) is -0.150. The van der Waals surface area contributed by atoms with Crippen LogP contribution in [0, 0.1) is 0 Å². The first-order valence-corrected chi connectivity index (χ1v) is 11.1. The third-order valence-electron chi connectivity index (χ3n) is 4.36. The van der Waals surface area contributed by atoms with E-state index >= 15 is 0 Å². The zero-order valence-corrected chi connectivity index (χ0v) is 16.6. The quantitative estimate of drug-likeness (QED) is 0.199. The predicted molar refractivity (Wildman–Crippen MR) is 102 cm³/mol. The molecule has 4 heteroatoms. The van der Waals surface area contributed by atoms with E-state index in [0.717, 1.165) is 6.42 Å². The molecule has 0 bridgehead atoms. The largest absolute Gasteiger partial charge is 0.329 e. The maximum atomic E-state index is 9.10. The van der Waals surface area contributed by atoms with Crippen molar-refractivity contribution in [3.05, 3.63) is 0 Å². The topological polar surface area (TPSA) is 38.7 Å². The van der Waals surface area contributed by atoms with E-state index in [1.54, 1.807) is 0 Å². The minimum Gasteiger partial charge on any atom is -0.328 e. The Hall–Kier alpha value is 0.310. The van der Waals surface area contributed by atoms with Gasteiger partial charge < -0.3 is 13.9 Å². The van der Waals surface area contributed by atoms with Gasteiger partial charge in [0.05, 0.1) is 6.61 Å². The van der Waals surface area contributed by atoms with Crippen LogP contribution < -0.4 is 0 Å². The average molecular weight is 349 g/mol. The van der Waals surface area contributed by atoms with E-state index in [1.807, 2.05) is 0 Å². The molecule has 0 saturated heterocycles. The Bertz CT molecular complexity index is 215. The second-order valence-electron chi connectivity index (χ2n) is 6.56. The van der Waals surface area contributed by atoms with Gasteiger partial charge in [-0.25, -0.2) is 0 Å². The second kappa shape index (κ2) is 20.4. The standard InChI is InChI=1S/C19H41O3P/c1-3-4-5-6-7-8-9-10-11-12-13-14-15-16-17-18-19-22-23(20)21-2/h20H,3-19H2,1-2H3. The Morgan fingerprint density at radius 1 is 0.609 bits per heavy atom. The fourth-order valence-corrected chi connectivity index (χ4v) is 3.24. The number of unbranched alkanes of at least 4 members (excludes halogenated alkanes) is 15. The van der Waals surface area contributed by atoms with Crippen LogP contribution in [0.5, 0.6) is 0 Å². The molecular formula is C19H41O3P. The molecule has 0 amide bonds. The molecule has 140 valence electrons. The van der Waals surface area contributed by atoms with Crippen LogP contribution >= 0.6 is 8.60 Å². The predicted octanol–water partition coefficient (Wildman–Crippen LogP) is 7.13. The van der Waals surface area contributed by atoms with Crippen molar-refractivity contribution in [3.8, 4) is 0 Å². The van der Waals surface area contributed by atoms with Crippen molar-refractivity contribution in [2.45, 2.75) is 110 Å². The van der Waals surface area contributed by atoms with Crippen LogP contribution in [-0.2, 0) is 9.05 Å². The molecule has 3 nitrogen and oxygen atoms in total. The molecule has 0 aliphatic rings. The second-order valence-corrected chi connectivity index (χ2v) is 7.66. The summed E-state index contributed by atoms with van der Waals surface area (Å²) in [5.74, 6) is 0. The van der Waals surface area contributed by atoms with Crippen LogP contribution in [0.25, 0.3) is 0 Å². The van der Waals surface area contributed by atoms with E-state index in [9.17, 15) is 0 Å². The zero-order valence-electron chi connectivity index (χ0n) is 15.7.